The number of alkyl halides is 2. The van der Waals surface area contributed by atoms with Gasteiger partial charge in [-0.2, -0.15) is 13.2 Å². The topological polar surface area (TPSA) is 18.5 Å². The van der Waals surface area contributed by atoms with Crippen LogP contribution in [-0.2, 0) is 6.42 Å². The molecule has 1 saturated carbocycles. The maximum Gasteiger partial charge on any atom is 0.387 e. The lowest BCUT2D eigenvalue weighted by atomic mass is 9.78. The van der Waals surface area contributed by atoms with Crippen LogP contribution in [-0.4, -0.2) is 6.61 Å². The number of ether oxygens (including phenoxy) is 2. The molecule has 0 spiro atoms. The second-order valence-electron chi connectivity index (χ2n) is 9.22. The van der Waals surface area contributed by atoms with Gasteiger partial charge in [0.1, 0.15) is 11.5 Å². The molecule has 194 valence electrons. The molecule has 0 N–H and O–H groups in total. The first-order valence-electron chi connectivity index (χ1n) is 12.2. The molecule has 0 bridgehead atoms. The third kappa shape index (κ3) is 7.02. The molecule has 3 aromatic carbocycles. The summed E-state index contributed by atoms with van der Waals surface area (Å²) in [5, 5.41) is 0. The molecular weight excluding hydrogens is 468 g/mol. The van der Waals surface area contributed by atoms with Crippen LogP contribution in [0, 0.1) is 23.5 Å². The van der Waals surface area contributed by atoms with Crippen LogP contribution in [0.4, 0.5) is 17.6 Å². The van der Waals surface area contributed by atoms with Crippen molar-refractivity contribution in [1.29, 1.82) is 0 Å². The fourth-order valence-corrected chi connectivity index (χ4v) is 4.82. The second kappa shape index (κ2) is 12.8. The molecule has 36 heavy (non-hydrogen) atoms. The van der Waals surface area contributed by atoms with Crippen molar-refractivity contribution < 1.29 is 27.0 Å². The molecule has 0 radical (unpaired) electrons. The summed E-state index contributed by atoms with van der Waals surface area (Å²) in [4.78, 5) is 0. The Kier molecular flexibility index (Phi) is 9.80. The second-order valence-corrected chi connectivity index (χ2v) is 9.22. The Bertz CT molecular complexity index is 1090. The van der Waals surface area contributed by atoms with Crippen LogP contribution in [0.2, 0.25) is 0 Å². The third-order valence-electron chi connectivity index (χ3n) is 6.97. The third-order valence-corrected chi connectivity index (χ3v) is 6.97. The van der Waals surface area contributed by atoms with Crippen molar-refractivity contribution in [3.8, 4) is 28.4 Å². The predicted molar refractivity (Wildman–Crippen MR) is 136 cm³/mol. The Hall–Kier alpha value is -3.02. The van der Waals surface area contributed by atoms with E-state index in [4.69, 9.17) is 4.74 Å². The first-order chi connectivity index (χ1) is 16.9. The SMILES string of the molecule is C.CCC1CCC(CCc2ccc(-c3ccc(F)c(F)c3Oc3ccc(OC(F)F)cc3)cc2)CC1. The largest absolute Gasteiger partial charge is 0.454 e. The van der Waals surface area contributed by atoms with Crippen molar-refractivity contribution in [3.63, 3.8) is 0 Å². The number of rotatable bonds is 9. The van der Waals surface area contributed by atoms with E-state index in [1.165, 1.54) is 74.4 Å². The van der Waals surface area contributed by atoms with Crippen LogP contribution in [0.5, 0.6) is 17.2 Å². The normalized spacial score (nSPS) is 17.5. The Morgan fingerprint density at radius 2 is 1.42 bits per heavy atom. The highest BCUT2D eigenvalue weighted by Crippen LogP contribution is 2.38. The lowest BCUT2D eigenvalue weighted by molar-refractivity contribution is -0.0498. The van der Waals surface area contributed by atoms with Gasteiger partial charge < -0.3 is 9.47 Å². The van der Waals surface area contributed by atoms with Crippen LogP contribution in [0.3, 0.4) is 0 Å². The van der Waals surface area contributed by atoms with E-state index < -0.39 is 18.2 Å². The first kappa shape index (κ1) is 27.6. The van der Waals surface area contributed by atoms with Gasteiger partial charge in [-0.1, -0.05) is 70.7 Å². The summed E-state index contributed by atoms with van der Waals surface area (Å²) in [6.45, 7) is -0.676. The summed E-state index contributed by atoms with van der Waals surface area (Å²) in [5.41, 5.74) is 2.32. The highest BCUT2D eigenvalue weighted by atomic mass is 19.3. The molecule has 0 aliphatic heterocycles. The minimum absolute atomic E-state index is 0. The van der Waals surface area contributed by atoms with E-state index in [0.717, 1.165) is 24.3 Å². The van der Waals surface area contributed by atoms with E-state index in [2.05, 4.69) is 11.7 Å². The van der Waals surface area contributed by atoms with Crippen molar-refractivity contribution in [2.24, 2.45) is 11.8 Å². The zero-order valence-corrected chi connectivity index (χ0v) is 19.8. The predicted octanol–water partition coefficient (Wildman–Crippen LogP) is 9.81. The van der Waals surface area contributed by atoms with Crippen LogP contribution in [0.15, 0.2) is 60.7 Å². The Morgan fingerprint density at radius 3 is 2.03 bits per heavy atom. The molecule has 3 aromatic rings. The minimum atomic E-state index is -2.95. The van der Waals surface area contributed by atoms with Gasteiger partial charge in [0.25, 0.3) is 0 Å². The maximum absolute atomic E-state index is 14.7. The standard InChI is InChI=1S/C29H30F4O2.CH4/c1-2-19-3-5-20(6-4-19)7-8-21-9-11-22(12-10-21)25-17-18-26(30)27(31)28(25)34-23-13-15-24(16-14-23)35-29(32)33;/h9-20,29H,2-8H2,1H3;1H4. The summed E-state index contributed by atoms with van der Waals surface area (Å²) >= 11 is 0. The first-order valence-corrected chi connectivity index (χ1v) is 12.2. The van der Waals surface area contributed by atoms with Crippen LogP contribution in [0.1, 0.15) is 58.4 Å². The maximum atomic E-state index is 14.7. The van der Waals surface area contributed by atoms with E-state index in [0.29, 0.717) is 11.1 Å². The Balaban J connectivity index is 0.00000361. The molecular formula is C30H34F4O2. The highest BCUT2D eigenvalue weighted by molar-refractivity contribution is 5.71. The van der Waals surface area contributed by atoms with Crippen molar-refractivity contribution in [1.82, 2.24) is 0 Å². The van der Waals surface area contributed by atoms with E-state index >= 15 is 0 Å². The van der Waals surface area contributed by atoms with Gasteiger partial charge in [-0.05, 0) is 72.2 Å². The van der Waals surface area contributed by atoms with Crippen LogP contribution >= 0.6 is 0 Å². The van der Waals surface area contributed by atoms with Gasteiger partial charge in [-0.15, -0.1) is 0 Å². The summed E-state index contributed by atoms with van der Waals surface area (Å²) in [7, 11) is 0. The minimum Gasteiger partial charge on any atom is -0.454 e. The molecule has 1 aliphatic carbocycles. The summed E-state index contributed by atoms with van der Waals surface area (Å²) < 4.78 is 63.4. The Labute approximate surface area is 211 Å². The lowest BCUT2D eigenvalue weighted by Crippen LogP contribution is -2.14. The van der Waals surface area contributed by atoms with Gasteiger partial charge in [0.05, 0.1) is 0 Å². The molecule has 0 saturated heterocycles. The number of hydrogen-bond acceptors (Lipinski definition) is 2. The fraction of sp³-hybridized carbons (Fsp3) is 0.400. The average Bonchev–Trinajstić information content (AvgIpc) is 2.87. The number of benzene rings is 3. The van der Waals surface area contributed by atoms with Gasteiger partial charge in [0.2, 0.25) is 5.82 Å². The molecule has 0 aromatic heterocycles. The number of aryl methyl sites for hydroxylation is 1. The van der Waals surface area contributed by atoms with Crippen molar-refractivity contribution in [2.45, 2.75) is 65.9 Å². The quantitative estimate of drug-likeness (QED) is 0.271. The number of hydrogen-bond donors (Lipinski definition) is 0. The van der Waals surface area contributed by atoms with E-state index in [-0.39, 0.29) is 24.7 Å². The van der Waals surface area contributed by atoms with Crippen molar-refractivity contribution in [2.75, 3.05) is 0 Å². The van der Waals surface area contributed by atoms with Crippen LogP contribution < -0.4 is 9.47 Å². The molecule has 0 atom stereocenters. The highest BCUT2D eigenvalue weighted by Gasteiger charge is 2.20. The molecule has 6 heteroatoms. The molecule has 0 unspecified atom stereocenters. The van der Waals surface area contributed by atoms with Gasteiger partial charge in [-0.25, -0.2) is 4.39 Å². The van der Waals surface area contributed by atoms with Gasteiger partial charge in [-0.3, -0.25) is 0 Å². The lowest BCUT2D eigenvalue weighted by Gasteiger charge is -2.27. The molecule has 2 nitrogen and oxygen atoms in total. The monoisotopic (exact) mass is 502 g/mol. The Morgan fingerprint density at radius 1 is 0.806 bits per heavy atom. The van der Waals surface area contributed by atoms with E-state index in [1.54, 1.807) is 0 Å². The van der Waals surface area contributed by atoms with E-state index in [9.17, 15) is 17.6 Å². The summed E-state index contributed by atoms with van der Waals surface area (Å²) in [5.74, 6) is -0.609. The molecule has 1 aliphatic rings. The van der Waals surface area contributed by atoms with Gasteiger partial charge >= 0.3 is 6.61 Å². The van der Waals surface area contributed by atoms with Crippen molar-refractivity contribution >= 4 is 0 Å². The van der Waals surface area contributed by atoms with Crippen LogP contribution in [0.25, 0.3) is 11.1 Å². The molecule has 0 heterocycles. The van der Waals surface area contributed by atoms with Crippen molar-refractivity contribution in [3.05, 3.63) is 77.9 Å². The fourth-order valence-electron chi connectivity index (χ4n) is 4.82. The smallest absolute Gasteiger partial charge is 0.387 e. The molecule has 4 rings (SSSR count). The zero-order chi connectivity index (χ0) is 24.8. The zero-order valence-electron chi connectivity index (χ0n) is 19.8. The van der Waals surface area contributed by atoms with Gasteiger partial charge in [0, 0.05) is 5.56 Å². The summed E-state index contributed by atoms with van der Waals surface area (Å²) in [6, 6.07) is 15.7. The number of halogens is 4. The molecule has 1 fully saturated rings. The van der Waals surface area contributed by atoms with E-state index in [1.807, 2.05) is 24.3 Å². The summed E-state index contributed by atoms with van der Waals surface area (Å²) in [6.07, 6.45) is 8.73. The van der Waals surface area contributed by atoms with Gasteiger partial charge in [0.15, 0.2) is 11.6 Å². The molecule has 0 amide bonds. The average molecular weight is 503 g/mol.